The third-order valence-electron chi connectivity index (χ3n) is 3.33. The van der Waals surface area contributed by atoms with Crippen LogP contribution in [0.25, 0.3) is 0 Å². The predicted octanol–water partition coefficient (Wildman–Crippen LogP) is 3.43. The van der Waals surface area contributed by atoms with Crippen molar-refractivity contribution in [2.45, 2.75) is 39.2 Å². The van der Waals surface area contributed by atoms with E-state index in [4.69, 9.17) is 4.74 Å². The number of benzene rings is 1. The Morgan fingerprint density at radius 1 is 1.29 bits per heavy atom. The van der Waals surface area contributed by atoms with Gasteiger partial charge in [-0.1, -0.05) is 26.0 Å². The van der Waals surface area contributed by atoms with Crippen LogP contribution in [-0.2, 0) is 4.74 Å². The van der Waals surface area contributed by atoms with Crippen molar-refractivity contribution in [3.05, 3.63) is 29.8 Å². The average molecular weight is 233 g/mol. The number of morpholine rings is 1. The minimum atomic E-state index is -0.0356. The molecule has 1 aromatic rings. The maximum atomic E-state index is 5.75. The van der Waals surface area contributed by atoms with Gasteiger partial charge in [0.1, 0.15) is 0 Å². The lowest BCUT2D eigenvalue weighted by molar-refractivity contribution is -0.0276. The van der Waals surface area contributed by atoms with Crippen LogP contribution in [0.1, 0.15) is 39.2 Å². The van der Waals surface area contributed by atoms with Gasteiger partial charge in [-0.05, 0) is 37.5 Å². The summed E-state index contributed by atoms with van der Waals surface area (Å²) in [6.45, 7) is 11.6. The van der Waals surface area contributed by atoms with Crippen molar-refractivity contribution >= 4 is 5.69 Å². The summed E-state index contributed by atoms with van der Waals surface area (Å²) in [5.74, 6) is 0.587. The molecule has 2 nitrogen and oxygen atoms in total. The maximum Gasteiger partial charge on any atom is 0.0801 e. The Labute approximate surface area is 105 Å². The molecule has 0 N–H and O–H groups in total. The molecule has 1 aromatic carbocycles. The second kappa shape index (κ2) is 4.69. The van der Waals surface area contributed by atoms with E-state index < -0.39 is 0 Å². The summed E-state index contributed by atoms with van der Waals surface area (Å²) < 4.78 is 5.75. The largest absolute Gasteiger partial charge is 0.372 e. The van der Waals surface area contributed by atoms with Gasteiger partial charge in [0, 0.05) is 18.8 Å². The highest BCUT2D eigenvalue weighted by Crippen LogP contribution is 2.25. The number of hydrogen-bond donors (Lipinski definition) is 0. The normalized spacial score (nSPS) is 19.7. The molecule has 0 atom stereocenters. The zero-order valence-corrected chi connectivity index (χ0v) is 11.4. The summed E-state index contributed by atoms with van der Waals surface area (Å²) in [7, 11) is 0. The highest BCUT2D eigenvalue weighted by Gasteiger charge is 2.27. The van der Waals surface area contributed by atoms with Crippen molar-refractivity contribution in [2.75, 3.05) is 24.6 Å². The van der Waals surface area contributed by atoms with Gasteiger partial charge in [-0.2, -0.15) is 0 Å². The van der Waals surface area contributed by atoms with Gasteiger partial charge in [0.15, 0.2) is 0 Å². The molecule has 1 heterocycles. The third-order valence-corrected chi connectivity index (χ3v) is 3.33. The van der Waals surface area contributed by atoms with Crippen molar-refractivity contribution in [3.63, 3.8) is 0 Å². The van der Waals surface area contributed by atoms with Crippen molar-refractivity contribution < 1.29 is 4.74 Å². The Hall–Kier alpha value is -1.02. The molecule has 0 aliphatic carbocycles. The second-order valence-corrected chi connectivity index (χ2v) is 5.78. The molecule has 0 saturated carbocycles. The van der Waals surface area contributed by atoms with Crippen LogP contribution in [0, 0.1) is 0 Å². The maximum absolute atomic E-state index is 5.75. The van der Waals surface area contributed by atoms with Crippen LogP contribution in [0.15, 0.2) is 24.3 Å². The fourth-order valence-electron chi connectivity index (χ4n) is 2.32. The summed E-state index contributed by atoms with van der Waals surface area (Å²) in [5.41, 5.74) is 2.70. The first-order chi connectivity index (χ1) is 7.98. The first kappa shape index (κ1) is 12.4. The van der Waals surface area contributed by atoms with Crippen LogP contribution in [-0.4, -0.2) is 25.3 Å². The van der Waals surface area contributed by atoms with Gasteiger partial charge < -0.3 is 9.64 Å². The molecule has 0 bridgehead atoms. The zero-order chi connectivity index (χ0) is 12.5. The first-order valence-electron chi connectivity index (χ1n) is 6.47. The molecule has 0 radical (unpaired) electrons. The molecule has 0 aromatic heterocycles. The minimum absolute atomic E-state index is 0.0356. The smallest absolute Gasteiger partial charge is 0.0801 e. The molecule has 0 spiro atoms. The first-order valence-corrected chi connectivity index (χ1v) is 6.47. The molecule has 0 amide bonds. The van der Waals surface area contributed by atoms with Crippen molar-refractivity contribution in [2.24, 2.45) is 0 Å². The van der Waals surface area contributed by atoms with Gasteiger partial charge >= 0.3 is 0 Å². The van der Waals surface area contributed by atoms with E-state index in [0.717, 1.165) is 19.7 Å². The van der Waals surface area contributed by atoms with E-state index in [1.165, 1.54) is 11.3 Å². The SMILES string of the molecule is CC(C)c1cccc(N2CCOC(C)(C)C2)c1. The van der Waals surface area contributed by atoms with Crippen molar-refractivity contribution in [1.82, 2.24) is 0 Å². The number of rotatable bonds is 2. The van der Waals surface area contributed by atoms with Crippen LogP contribution < -0.4 is 4.90 Å². The Morgan fingerprint density at radius 2 is 2.06 bits per heavy atom. The van der Waals surface area contributed by atoms with E-state index in [9.17, 15) is 0 Å². The van der Waals surface area contributed by atoms with E-state index in [1.54, 1.807) is 0 Å². The summed E-state index contributed by atoms with van der Waals surface area (Å²) in [5, 5.41) is 0. The Balaban J connectivity index is 2.19. The minimum Gasteiger partial charge on any atom is -0.372 e. The molecular formula is C15H23NO. The van der Waals surface area contributed by atoms with E-state index in [2.05, 4.69) is 56.9 Å². The molecule has 17 heavy (non-hydrogen) atoms. The molecule has 1 aliphatic rings. The van der Waals surface area contributed by atoms with Gasteiger partial charge in [0.2, 0.25) is 0 Å². The molecule has 94 valence electrons. The van der Waals surface area contributed by atoms with Gasteiger partial charge in [0.05, 0.1) is 12.2 Å². The molecular weight excluding hydrogens is 210 g/mol. The summed E-state index contributed by atoms with van der Waals surface area (Å²) in [6.07, 6.45) is 0. The standard InChI is InChI=1S/C15H23NO/c1-12(2)13-6-5-7-14(10-13)16-8-9-17-15(3,4)11-16/h5-7,10,12H,8-9,11H2,1-4H3. The number of nitrogens with zero attached hydrogens (tertiary/aromatic N) is 1. The summed E-state index contributed by atoms with van der Waals surface area (Å²) in [4.78, 5) is 2.43. The number of anilines is 1. The lowest BCUT2D eigenvalue weighted by Gasteiger charge is -2.39. The monoisotopic (exact) mass is 233 g/mol. The number of ether oxygens (including phenoxy) is 1. The predicted molar refractivity (Wildman–Crippen MR) is 72.8 cm³/mol. The highest BCUT2D eigenvalue weighted by atomic mass is 16.5. The Kier molecular flexibility index (Phi) is 3.43. The van der Waals surface area contributed by atoms with Crippen LogP contribution in [0.4, 0.5) is 5.69 Å². The van der Waals surface area contributed by atoms with Gasteiger partial charge in [-0.3, -0.25) is 0 Å². The topological polar surface area (TPSA) is 12.5 Å². The molecule has 1 fully saturated rings. The van der Waals surface area contributed by atoms with Crippen molar-refractivity contribution in [3.8, 4) is 0 Å². The second-order valence-electron chi connectivity index (χ2n) is 5.78. The van der Waals surface area contributed by atoms with E-state index in [-0.39, 0.29) is 5.60 Å². The molecule has 1 aliphatic heterocycles. The lowest BCUT2D eigenvalue weighted by atomic mass is 10.0. The molecule has 2 rings (SSSR count). The van der Waals surface area contributed by atoms with Gasteiger partial charge in [0.25, 0.3) is 0 Å². The average Bonchev–Trinajstić information content (AvgIpc) is 2.28. The lowest BCUT2D eigenvalue weighted by Crippen LogP contribution is -2.48. The fourth-order valence-corrected chi connectivity index (χ4v) is 2.32. The van der Waals surface area contributed by atoms with E-state index in [0.29, 0.717) is 5.92 Å². The summed E-state index contributed by atoms with van der Waals surface area (Å²) >= 11 is 0. The van der Waals surface area contributed by atoms with Crippen LogP contribution in [0.5, 0.6) is 0 Å². The zero-order valence-electron chi connectivity index (χ0n) is 11.4. The van der Waals surface area contributed by atoms with Crippen molar-refractivity contribution in [1.29, 1.82) is 0 Å². The van der Waals surface area contributed by atoms with Gasteiger partial charge in [-0.15, -0.1) is 0 Å². The van der Waals surface area contributed by atoms with Crippen LogP contribution in [0.3, 0.4) is 0 Å². The quantitative estimate of drug-likeness (QED) is 0.776. The molecule has 2 heteroatoms. The molecule has 1 saturated heterocycles. The van der Waals surface area contributed by atoms with E-state index in [1.807, 2.05) is 0 Å². The highest BCUT2D eigenvalue weighted by molar-refractivity contribution is 5.50. The Morgan fingerprint density at radius 3 is 2.71 bits per heavy atom. The number of hydrogen-bond acceptors (Lipinski definition) is 2. The summed E-state index contributed by atoms with van der Waals surface area (Å²) in [6, 6.07) is 8.88. The third kappa shape index (κ3) is 3.01. The van der Waals surface area contributed by atoms with Crippen LogP contribution in [0.2, 0.25) is 0 Å². The van der Waals surface area contributed by atoms with E-state index >= 15 is 0 Å². The fraction of sp³-hybridized carbons (Fsp3) is 0.600. The molecule has 0 unspecified atom stereocenters. The Bertz CT molecular complexity index is 384. The van der Waals surface area contributed by atoms with Crippen LogP contribution >= 0.6 is 0 Å². The van der Waals surface area contributed by atoms with Gasteiger partial charge in [-0.25, -0.2) is 0 Å².